The minimum Gasteiger partial charge on any atom is -0.311 e. The van der Waals surface area contributed by atoms with Crippen molar-refractivity contribution >= 4 is 39.1 Å². The SMILES string of the molecule is O=C1Cc2cc(Cl)ccc2N1CCBr. The number of hydrogen-bond acceptors (Lipinski definition) is 1. The van der Waals surface area contributed by atoms with Gasteiger partial charge in [-0.1, -0.05) is 27.5 Å². The second-order valence-electron chi connectivity index (χ2n) is 3.18. The maximum atomic E-state index is 11.6. The third kappa shape index (κ3) is 1.66. The van der Waals surface area contributed by atoms with E-state index in [-0.39, 0.29) is 5.91 Å². The Labute approximate surface area is 96.0 Å². The van der Waals surface area contributed by atoms with Crippen LogP contribution in [0, 0.1) is 0 Å². The third-order valence-electron chi connectivity index (χ3n) is 2.28. The minimum atomic E-state index is 0.154. The van der Waals surface area contributed by atoms with E-state index in [1.54, 1.807) is 4.90 Å². The molecule has 14 heavy (non-hydrogen) atoms. The Morgan fingerprint density at radius 2 is 2.29 bits per heavy atom. The van der Waals surface area contributed by atoms with Crippen molar-refractivity contribution in [3.05, 3.63) is 28.8 Å². The third-order valence-corrected chi connectivity index (χ3v) is 2.87. The number of anilines is 1. The van der Waals surface area contributed by atoms with Crippen LogP contribution in [-0.4, -0.2) is 17.8 Å². The van der Waals surface area contributed by atoms with Crippen LogP contribution in [0.25, 0.3) is 0 Å². The number of alkyl halides is 1. The molecule has 1 amide bonds. The van der Waals surface area contributed by atoms with Gasteiger partial charge in [0.2, 0.25) is 5.91 Å². The average Bonchev–Trinajstić information content (AvgIpc) is 2.43. The molecule has 1 heterocycles. The van der Waals surface area contributed by atoms with Gasteiger partial charge in [0.15, 0.2) is 0 Å². The predicted octanol–water partition coefficient (Wildman–Crippen LogP) is 2.62. The van der Waals surface area contributed by atoms with Crippen LogP contribution in [0.3, 0.4) is 0 Å². The van der Waals surface area contributed by atoms with Crippen molar-refractivity contribution in [3.8, 4) is 0 Å². The molecular formula is C10H9BrClNO. The van der Waals surface area contributed by atoms with Gasteiger partial charge >= 0.3 is 0 Å². The molecule has 0 fully saturated rings. The van der Waals surface area contributed by atoms with Gasteiger partial charge in [-0.25, -0.2) is 0 Å². The molecule has 1 aliphatic heterocycles. The topological polar surface area (TPSA) is 20.3 Å². The average molecular weight is 275 g/mol. The summed E-state index contributed by atoms with van der Waals surface area (Å²) in [4.78, 5) is 13.4. The zero-order chi connectivity index (χ0) is 10.1. The summed E-state index contributed by atoms with van der Waals surface area (Å²) in [5.74, 6) is 0.154. The molecule has 4 heteroatoms. The van der Waals surface area contributed by atoms with Gasteiger partial charge in [-0.05, 0) is 23.8 Å². The summed E-state index contributed by atoms with van der Waals surface area (Å²) in [7, 11) is 0. The molecular weight excluding hydrogens is 265 g/mol. The quantitative estimate of drug-likeness (QED) is 0.759. The summed E-state index contributed by atoms with van der Waals surface area (Å²) >= 11 is 9.19. The fraction of sp³-hybridized carbons (Fsp3) is 0.300. The number of benzene rings is 1. The van der Waals surface area contributed by atoms with E-state index in [4.69, 9.17) is 11.6 Å². The molecule has 0 bridgehead atoms. The Balaban J connectivity index is 2.37. The molecule has 1 aromatic rings. The molecule has 0 aromatic heterocycles. The van der Waals surface area contributed by atoms with E-state index in [0.717, 1.165) is 16.6 Å². The van der Waals surface area contributed by atoms with Crippen LogP contribution in [0.5, 0.6) is 0 Å². The van der Waals surface area contributed by atoms with Gasteiger partial charge in [0.05, 0.1) is 6.42 Å². The van der Waals surface area contributed by atoms with Crippen molar-refractivity contribution < 1.29 is 4.79 Å². The Kier molecular flexibility index (Phi) is 2.79. The lowest BCUT2D eigenvalue weighted by Crippen LogP contribution is -2.28. The van der Waals surface area contributed by atoms with E-state index in [9.17, 15) is 4.79 Å². The lowest BCUT2D eigenvalue weighted by atomic mass is 10.2. The molecule has 74 valence electrons. The second-order valence-corrected chi connectivity index (χ2v) is 4.41. The Morgan fingerprint density at radius 3 is 3.00 bits per heavy atom. The van der Waals surface area contributed by atoms with Crippen LogP contribution in [0.2, 0.25) is 5.02 Å². The lowest BCUT2D eigenvalue weighted by Gasteiger charge is -2.15. The first-order valence-corrected chi connectivity index (χ1v) is 5.87. The molecule has 0 aliphatic carbocycles. The smallest absolute Gasteiger partial charge is 0.231 e. The van der Waals surface area contributed by atoms with E-state index in [0.29, 0.717) is 18.0 Å². The van der Waals surface area contributed by atoms with E-state index in [1.165, 1.54) is 0 Å². The van der Waals surface area contributed by atoms with E-state index >= 15 is 0 Å². The fourth-order valence-corrected chi connectivity index (χ4v) is 2.23. The van der Waals surface area contributed by atoms with Crippen LogP contribution in [0.1, 0.15) is 5.56 Å². The predicted molar refractivity (Wildman–Crippen MR) is 61.3 cm³/mol. The highest BCUT2D eigenvalue weighted by atomic mass is 79.9. The number of carbonyl (C=O) groups excluding carboxylic acids is 1. The van der Waals surface area contributed by atoms with Gasteiger partial charge in [-0.2, -0.15) is 0 Å². The number of fused-ring (bicyclic) bond motifs is 1. The molecule has 2 nitrogen and oxygen atoms in total. The summed E-state index contributed by atoms with van der Waals surface area (Å²) in [6.45, 7) is 0.716. The Hall–Kier alpha value is -0.540. The number of nitrogens with zero attached hydrogens (tertiary/aromatic N) is 1. The van der Waals surface area contributed by atoms with Crippen LogP contribution >= 0.6 is 27.5 Å². The molecule has 0 atom stereocenters. The molecule has 0 unspecified atom stereocenters. The maximum Gasteiger partial charge on any atom is 0.231 e. The zero-order valence-corrected chi connectivity index (χ0v) is 9.81. The first-order valence-electron chi connectivity index (χ1n) is 4.37. The van der Waals surface area contributed by atoms with Crippen LogP contribution in [0.15, 0.2) is 18.2 Å². The summed E-state index contributed by atoms with van der Waals surface area (Å²) in [6.07, 6.45) is 0.475. The summed E-state index contributed by atoms with van der Waals surface area (Å²) in [5.41, 5.74) is 2.03. The number of hydrogen-bond donors (Lipinski definition) is 0. The summed E-state index contributed by atoms with van der Waals surface area (Å²) in [6, 6.07) is 5.59. The number of halogens is 2. The fourth-order valence-electron chi connectivity index (χ4n) is 1.68. The largest absolute Gasteiger partial charge is 0.311 e. The highest BCUT2D eigenvalue weighted by Gasteiger charge is 2.26. The van der Waals surface area contributed by atoms with Gasteiger partial charge in [0, 0.05) is 22.6 Å². The van der Waals surface area contributed by atoms with Crippen molar-refractivity contribution in [1.82, 2.24) is 0 Å². The monoisotopic (exact) mass is 273 g/mol. The first kappa shape index (κ1) is 9.99. The van der Waals surface area contributed by atoms with E-state index in [2.05, 4.69) is 15.9 Å². The van der Waals surface area contributed by atoms with Gasteiger partial charge in [-0.15, -0.1) is 0 Å². The van der Waals surface area contributed by atoms with Crippen molar-refractivity contribution in [2.45, 2.75) is 6.42 Å². The Morgan fingerprint density at radius 1 is 1.50 bits per heavy atom. The van der Waals surface area contributed by atoms with Crippen LogP contribution < -0.4 is 4.90 Å². The lowest BCUT2D eigenvalue weighted by molar-refractivity contribution is -0.117. The van der Waals surface area contributed by atoms with Crippen molar-refractivity contribution in [2.75, 3.05) is 16.8 Å². The van der Waals surface area contributed by atoms with Crippen molar-refractivity contribution in [1.29, 1.82) is 0 Å². The van der Waals surface area contributed by atoms with Gasteiger partial charge in [0.25, 0.3) is 0 Å². The molecule has 0 saturated carbocycles. The van der Waals surface area contributed by atoms with Crippen LogP contribution in [-0.2, 0) is 11.2 Å². The number of rotatable bonds is 2. The highest BCUT2D eigenvalue weighted by Crippen LogP contribution is 2.30. The second kappa shape index (κ2) is 3.91. The summed E-state index contributed by atoms with van der Waals surface area (Å²) < 4.78 is 0. The molecule has 2 rings (SSSR count). The molecule has 0 saturated heterocycles. The van der Waals surface area contributed by atoms with E-state index < -0.39 is 0 Å². The van der Waals surface area contributed by atoms with Gasteiger partial charge in [0.1, 0.15) is 0 Å². The maximum absolute atomic E-state index is 11.6. The molecule has 0 radical (unpaired) electrons. The standard InChI is InChI=1S/C10H9BrClNO/c11-3-4-13-9-2-1-8(12)5-7(9)6-10(13)14/h1-2,5H,3-4,6H2. The highest BCUT2D eigenvalue weighted by molar-refractivity contribution is 9.09. The molecule has 1 aliphatic rings. The molecule has 0 spiro atoms. The number of carbonyl (C=O) groups is 1. The Bertz CT molecular complexity index is 380. The molecule has 1 aromatic carbocycles. The molecule has 0 N–H and O–H groups in total. The van der Waals surface area contributed by atoms with Gasteiger partial charge in [-0.3, -0.25) is 4.79 Å². The minimum absolute atomic E-state index is 0.154. The summed E-state index contributed by atoms with van der Waals surface area (Å²) in [5, 5.41) is 1.48. The van der Waals surface area contributed by atoms with Crippen LogP contribution in [0.4, 0.5) is 5.69 Å². The number of amides is 1. The van der Waals surface area contributed by atoms with E-state index in [1.807, 2.05) is 18.2 Å². The normalized spacial score (nSPS) is 14.7. The van der Waals surface area contributed by atoms with Crippen molar-refractivity contribution in [3.63, 3.8) is 0 Å². The van der Waals surface area contributed by atoms with Gasteiger partial charge < -0.3 is 4.90 Å². The van der Waals surface area contributed by atoms with Crippen molar-refractivity contribution in [2.24, 2.45) is 0 Å². The first-order chi connectivity index (χ1) is 6.72. The zero-order valence-electron chi connectivity index (χ0n) is 7.46.